The fraction of sp³-hybridized carbons (Fsp3) is 0.409. The van der Waals surface area contributed by atoms with E-state index >= 15 is 0 Å². The molecule has 1 heterocycles. The molecule has 0 atom stereocenters. The molecule has 5 heteroatoms. The molecule has 0 radical (unpaired) electrons. The van der Waals surface area contributed by atoms with Crippen molar-refractivity contribution in [2.24, 2.45) is 0 Å². The second-order valence-corrected chi connectivity index (χ2v) is 6.94. The van der Waals surface area contributed by atoms with E-state index in [1.165, 1.54) is 25.7 Å². The molecule has 5 nitrogen and oxygen atoms in total. The third kappa shape index (κ3) is 6.94. The molecule has 2 aromatic rings. The molecule has 27 heavy (non-hydrogen) atoms. The minimum absolute atomic E-state index is 0.164. The normalized spacial score (nSPS) is 15.0. The lowest BCUT2D eigenvalue weighted by molar-refractivity contribution is 0.246. The number of ether oxygens (including phenoxy) is 1. The predicted octanol–water partition coefficient (Wildman–Crippen LogP) is 4.26. The Kier molecular flexibility index (Phi) is 7.54. The molecule has 2 aromatic carbocycles. The van der Waals surface area contributed by atoms with Crippen LogP contribution in [0.25, 0.3) is 0 Å². The molecule has 144 valence electrons. The van der Waals surface area contributed by atoms with Gasteiger partial charge in [0.15, 0.2) is 0 Å². The van der Waals surface area contributed by atoms with Crippen LogP contribution in [0.2, 0.25) is 0 Å². The van der Waals surface area contributed by atoms with Gasteiger partial charge in [-0.25, -0.2) is 4.79 Å². The van der Waals surface area contributed by atoms with Gasteiger partial charge in [0.1, 0.15) is 12.4 Å². The lowest BCUT2D eigenvalue weighted by atomic mass is 10.2. The lowest BCUT2D eigenvalue weighted by Crippen LogP contribution is -2.37. The number of benzene rings is 2. The number of hydrogen-bond acceptors (Lipinski definition) is 3. The Morgan fingerprint density at radius 3 is 2.33 bits per heavy atom. The van der Waals surface area contributed by atoms with Crippen LogP contribution in [0.15, 0.2) is 54.6 Å². The Balaban J connectivity index is 1.36. The number of hydrogen-bond donors (Lipinski definition) is 2. The summed E-state index contributed by atoms with van der Waals surface area (Å²) in [5.74, 6) is 0.783. The average molecular weight is 367 g/mol. The molecule has 0 unspecified atom stereocenters. The van der Waals surface area contributed by atoms with E-state index in [4.69, 9.17) is 4.74 Å². The zero-order valence-corrected chi connectivity index (χ0v) is 15.8. The second-order valence-electron chi connectivity index (χ2n) is 6.94. The van der Waals surface area contributed by atoms with E-state index < -0.39 is 0 Å². The molecular weight excluding hydrogens is 338 g/mol. The Bertz CT molecular complexity index is 680. The molecule has 1 fully saturated rings. The van der Waals surface area contributed by atoms with Crippen LogP contribution in [0.1, 0.15) is 31.2 Å². The SMILES string of the molecule is O=C(NCCN1CCCCCC1)Nc1ccc(OCc2ccccc2)cc1. The van der Waals surface area contributed by atoms with E-state index in [-0.39, 0.29) is 6.03 Å². The third-order valence-corrected chi connectivity index (χ3v) is 4.77. The first-order valence-electron chi connectivity index (χ1n) is 9.83. The fourth-order valence-electron chi connectivity index (χ4n) is 3.24. The lowest BCUT2D eigenvalue weighted by Gasteiger charge is -2.19. The van der Waals surface area contributed by atoms with Crippen LogP contribution in [-0.4, -0.2) is 37.1 Å². The summed E-state index contributed by atoms with van der Waals surface area (Å²) in [6.45, 7) is 4.41. The highest BCUT2D eigenvalue weighted by atomic mass is 16.5. The van der Waals surface area contributed by atoms with Crippen LogP contribution in [-0.2, 0) is 6.61 Å². The van der Waals surface area contributed by atoms with E-state index in [1.807, 2.05) is 54.6 Å². The Hall–Kier alpha value is -2.53. The standard InChI is InChI=1S/C22H29N3O2/c26-22(23-14-17-25-15-6-1-2-7-16-25)24-20-10-12-21(13-11-20)27-18-19-8-4-3-5-9-19/h3-5,8-13H,1-2,6-7,14-18H2,(H2,23,24,26). The van der Waals surface area contributed by atoms with Gasteiger partial charge >= 0.3 is 6.03 Å². The third-order valence-electron chi connectivity index (χ3n) is 4.77. The van der Waals surface area contributed by atoms with Crippen molar-refractivity contribution < 1.29 is 9.53 Å². The highest BCUT2D eigenvalue weighted by Crippen LogP contribution is 2.17. The summed E-state index contributed by atoms with van der Waals surface area (Å²) < 4.78 is 5.76. The van der Waals surface area contributed by atoms with Gasteiger partial charge in [0.05, 0.1) is 0 Å². The molecule has 1 saturated heterocycles. The quantitative estimate of drug-likeness (QED) is 0.769. The van der Waals surface area contributed by atoms with Crippen molar-refractivity contribution >= 4 is 11.7 Å². The van der Waals surface area contributed by atoms with Gasteiger partial charge in [0.2, 0.25) is 0 Å². The molecule has 0 spiro atoms. The van der Waals surface area contributed by atoms with Crippen LogP contribution in [0.3, 0.4) is 0 Å². The van der Waals surface area contributed by atoms with Crippen molar-refractivity contribution in [2.45, 2.75) is 32.3 Å². The number of carbonyl (C=O) groups is 1. The molecule has 0 bridgehead atoms. The first-order valence-corrected chi connectivity index (χ1v) is 9.83. The van der Waals surface area contributed by atoms with Crippen LogP contribution >= 0.6 is 0 Å². The second kappa shape index (κ2) is 10.6. The van der Waals surface area contributed by atoms with E-state index in [0.717, 1.165) is 36.6 Å². The molecule has 0 aromatic heterocycles. The minimum Gasteiger partial charge on any atom is -0.489 e. The molecular formula is C22H29N3O2. The van der Waals surface area contributed by atoms with Crippen molar-refractivity contribution in [2.75, 3.05) is 31.5 Å². The first-order chi connectivity index (χ1) is 13.3. The maximum absolute atomic E-state index is 12.0. The van der Waals surface area contributed by atoms with Gasteiger partial charge in [-0.15, -0.1) is 0 Å². The van der Waals surface area contributed by atoms with Crippen LogP contribution in [0.5, 0.6) is 5.75 Å². The highest BCUT2D eigenvalue weighted by molar-refractivity contribution is 5.89. The largest absolute Gasteiger partial charge is 0.489 e. The number of anilines is 1. The smallest absolute Gasteiger partial charge is 0.319 e. The number of nitrogens with one attached hydrogen (secondary N) is 2. The van der Waals surface area contributed by atoms with Gasteiger partial charge in [0.25, 0.3) is 0 Å². The van der Waals surface area contributed by atoms with Crippen LogP contribution in [0.4, 0.5) is 10.5 Å². The number of amides is 2. The Labute approximate surface area is 161 Å². The van der Waals surface area contributed by atoms with Gasteiger partial charge in [-0.2, -0.15) is 0 Å². The summed E-state index contributed by atoms with van der Waals surface area (Å²) in [6, 6.07) is 17.3. The Morgan fingerprint density at radius 2 is 1.63 bits per heavy atom. The highest BCUT2D eigenvalue weighted by Gasteiger charge is 2.09. The number of nitrogens with zero attached hydrogens (tertiary/aromatic N) is 1. The average Bonchev–Trinajstić information content (AvgIpc) is 2.97. The van der Waals surface area contributed by atoms with Crippen LogP contribution in [0, 0.1) is 0 Å². The van der Waals surface area contributed by atoms with Gasteiger partial charge in [-0.05, 0) is 55.8 Å². The topological polar surface area (TPSA) is 53.6 Å². The summed E-state index contributed by atoms with van der Waals surface area (Å²) in [5.41, 5.74) is 1.89. The summed E-state index contributed by atoms with van der Waals surface area (Å²) >= 11 is 0. The monoisotopic (exact) mass is 367 g/mol. The van der Waals surface area contributed by atoms with Crippen molar-refractivity contribution in [3.05, 3.63) is 60.2 Å². The Morgan fingerprint density at radius 1 is 0.926 bits per heavy atom. The molecule has 3 rings (SSSR count). The molecule has 2 N–H and O–H groups in total. The summed E-state index contributed by atoms with van der Waals surface area (Å²) in [5, 5.41) is 5.81. The van der Waals surface area contributed by atoms with E-state index in [0.29, 0.717) is 13.2 Å². The number of carbonyl (C=O) groups excluding carboxylic acids is 1. The van der Waals surface area contributed by atoms with Crippen molar-refractivity contribution in [3.8, 4) is 5.75 Å². The molecule has 2 amide bonds. The maximum Gasteiger partial charge on any atom is 0.319 e. The first kappa shape index (κ1) is 19.2. The number of rotatable bonds is 7. The maximum atomic E-state index is 12.0. The zero-order valence-electron chi connectivity index (χ0n) is 15.8. The summed E-state index contributed by atoms with van der Waals surface area (Å²) in [6.07, 6.45) is 5.20. The molecule has 0 aliphatic carbocycles. The van der Waals surface area contributed by atoms with E-state index in [2.05, 4.69) is 15.5 Å². The number of likely N-dealkylation sites (tertiary alicyclic amines) is 1. The van der Waals surface area contributed by atoms with E-state index in [9.17, 15) is 4.79 Å². The van der Waals surface area contributed by atoms with Crippen molar-refractivity contribution in [3.63, 3.8) is 0 Å². The predicted molar refractivity (Wildman–Crippen MR) is 109 cm³/mol. The van der Waals surface area contributed by atoms with Crippen molar-refractivity contribution in [1.29, 1.82) is 0 Å². The molecule has 1 aliphatic heterocycles. The summed E-state index contributed by atoms with van der Waals surface area (Å²) in [7, 11) is 0. The minimum atomic E-state index is -0.164. The fourth-order valence-corrected chi connectivity index (χ4v) is 3.24. The number of urea groups is 1. The van der Waals surface area contributed by atoms with Gasteiger partial charge in [-0.1, -0.05) is 43.2 Å². The van der Waals surface area contributed by atoms with Crippen LogP contribution < -0.4 is 15.4 Å². The van der Waals surface area contributed by atoms with E-state index in [1.54, 1.807) is 0 Å². The molecule has 0 saturated carbocycles. The molecule has 1 aliphatic rings. The zero-order chi connectivity index (χ0) is 18.7. The van der Waals surface area contributed by atoms with Gasteiger partial charge in [-0.3, -0.25) is 0 Å². The van der Waals surface area contributed by atoms with Gasteiger partial charge < -0.3 is 20.3 Å². The summed E-state index contributed by atoms with van der Waals surface area (Å²) in [4.78, 5) is 14.5. The van der Waals surface area contributed by atoms with Gasteiger partial charge in [0, 0.05) is 18.8 Å². The van der Waals surface area contributed by atoms with Crippen molar-refractivity contribution in [1.82, 2.24) is 10.2 Å².